The van der Waals surface area contributed by atoms with Crippen LogP contribution in [-0.2, 0) is 0 Å². The maximum atomic E-state index is 9.89. The van der Waals surface area contributed by atoms with E-state index in [2.05, 4.69) is 5.09 Å². The first kappa shape index (κ1) is 7.95. The van der Waals surface area contributed by atoms with Gasteiger partial charge in [-0.15, -0.1) is 0 Å². The second-order valence-corrected chi connectivity index (χ2v) is 2.39. The van der Waals surface area contributed by atoms with Crippen molar-refractivity contribution in [3.05, 3.63) is 34.7 Å². The van der Waals surface area contributed by atoms with Crippen LogP contribution in [0, 0.1) is 11.8 Å². The normalized spacial score (nSPS) is 9.27. The molecule has 1 N–H and O–H groups in total. The Morgan fingerprint density at radius 3 is 2.36 bits per heavy atom. The van der Waals surface area contributed by atoms with E-state index in [-0.39, 0.29) is 0 Å². The summed E-state index contributed by atoms with van der Waals surface area (Å²) in [5, 5.41) is 11.4. The first-order valence-corrected chi connectivity index (χ1v) is 3.31. The first-order chi connectivity index (χ1) is 5.24. The zero-order valence-corrected chi connectivity index (χ0v) is 6.19. The number of rotatable bonds is 2. The van der Waals surface area contributed by atoms with Gasteiger partial charge in [-0.1, -0.05) is 34.9 Å². The summed E-state index contributed by atoms with van der Waals surface area (Å²) in [7, 11) is -1.23. The fraction of sp³-hybridized carbons (Fsp3) is 0.143. The molecule has 0 aliphatic carbocycles. The quantitative estimate of drug-likeness (QED) is 0.490. The lowest BCUT2D eigenvalue weighted by molar-refractivity contribution is 0.587. The highest BCUT2D eigenvalue weighted by atomic mass is 16.3. The number of nitrogens with zero attached hydrogens (tertiary/aromatic N) is 1. The number of hydrogen-bond donors (Lipinski definition) is 1. The van der Waals surface area contributed by atoms with Gasteiger partial charge < -0.3 is 5.02 Å². The second-order valence-electron chi connectivity index (χ2n) is 2.39. The van der Waals surface area contributed by atoms with Crippen LogP contribution in [0.15, 0.2) is 29.4 Å². The minimum atomic E-state index is -1.23. The highest BCUT2D eigenvalue weighted by Crippen LogP contribution is 1.93. The number of hydrogen-bond acceptors (Lipinski definition) is 3. The lowest BCUT2D eigenvalue weighted by Gasteiger charge is -1.96. The van der Waals surface area contributed by atoms with E-state index < -0.39 is 7.05 Å². The van der Waals surface area contributed by atoms with Crippen LogP contribution in [-0.4, -0.2) is 12.1 Å². The van der Waals surface area contributed by atoms with E-state index in [9.17, 15) is 4.91 Å². The minimum Gasteiger partial charge on any atom is -0.425 e. The SMILES string of the molecule is Cc1ccc(B(O)N=O)cc1. The molecule has 4 heteroatoms. The lowest BCUT2D eigenvalue weighted by Crippen LogP contribution is -2.27. The Labute approximate surface area is 65.2 Å². The third-order valence-electron chi connectivity index (χ3n) is 1.48. The van der Waals surface area contributed by atoms with E-state index in [4.69, 9.17) is 5.02 Å². The molecule has 0 atom stereocenters. The third-order valence-corrected chi connectivity index (χ3v) is 1.48. The van der Waals surface area contributed by atoms with Crippen LogP contribution in [0.1, 0.15) is 5.56 Å². The highest BCUT2D eigenvalue weighted by Gasteiger charge is 2.14. The zero-order valence-electron chi connectivity index (χ0n) is 6.19. The summed E-state index contributed by atoms with van der Waals surface area (Å²) in [5.74, 6) is 0. The summed E-state index contributed by atoms with van der Waals surface area (Å²) >= 11 is 0. The molecule has 0 heterocycles. The first-order valence-electron chi connectivity index (χ1n) is 3.31. The summed E-state index contributed by atoms with van der Waals surface area (Å²) in [4.78, 5) is 9.89. The summed E-state index contributed by atoms with van der Waals surface area (Å²) in [6, 6.07) is 7.01. The molecule has 0 unspecified atom stereocenters. The average molecular weight is 149 g/mol. The van der Waals surface area contributed by atoms with Crippen molar-refractivity contribution >= 4 is 12.5 Å². The van der Waals surface area contributed by atoms with Crippen molar-refractivity contribution in [1.82, 2.24) is 0 Å². The van der Waals surface area contributed by atoms with Crippen molar-refractivity contribution < 1.29 is 5.02 Å². The largest absolute Gasteiger partial charge is 0.517 e. The van der Waals surface area contributed by atoms with Crippen molar-refractivity contribution in [3.63, 3.8) is 0 Å². The predicted molar refractivity (Wildman–Crippen MR) is 44.6 cm³/mol. The molecule has 0 saturated heterocycles. The van der Waals surface area contributed by atoms with Gasteiger partial charge in [-0.25, -0.2) is 0 Å². The van der Waals surface area contributed by atoms with Gasteiger partial charge >= 0.3 is 7.05 Å². The van der Waals surface area contributed by atoms with Crippen LogP contribution >= 0.6 is 0 Å². The Morgan fingerprint density at radius 1 is 1.36 bits per heavy atom. The Morgan fingerprint density at radius 2 is 1.91 bits per heavy atom. The van der Waals surface area contributed by atoms with E-state index in [1.165, 1.54) is 0 Å². The van der Waals surface area contributed by atoms with E-state index in [0.717, 1.165) is 5.56 Å². The Balaban J connectivity index is 2.89. The van der Waals surface area contributed by atoms with Crippen LogP contribution in [0.2, 0.25) is 0 Å². The minimum absolute atomic E-state index is 0.533. The van der Waals surface area contributed by atoms with Gasteiger partial charge in [-0.05, 0) is 12.4 Å². The molecule has 56 valence electrons. The Bertz CT molecular complexity index is 247. The van der Waals surface area contributed by atoms with E-state index in [1.807, 2.05) is 19.1 Å². The maximum Gasteiger partial charge on any atom is 0.517 e. The predicted octanol–water partition coefficient (Wildman–Crippen LogP) is 0.449. The molecular formula is C7H8BNO2. The van der Waals surface area contributed by atoms with Crippen molar-refractivity contribution in [2.45, 2.75) is 6.92 Å². The fourth-order valence-electron chi connectivity index (χ4n) is 0.799. The van der Waals surface area contributed by atoms with Crippen molar-refractivity contribution in [2.75, 3.05) is 0 Å². The molecule has 0 radical (unpaired) electrons. The molecule has 1 aromatic carbocycles. The Kier molecular flexibility index (Phi) is 2.38. The smallest absolute Gasteiger partial charge is 0.425 e. The summed E-state index contributed by atoms with van der Waals surface area (Å²) in [6.07, 6.45) is 0. The Hall–Kier alpha value is -1.16. The van der Waals surface area contributed by atoms with Gasteiger partial charge in [-0.2, -0.15) is 4.91 Å². The standard InChI is InChI=1S/C7H8BNO2/c1-6-2-4-7(5-3-6)8(10)9-11/h2-5,10H,1H3. The van der Waals surface area contributed by atoms with Crippen molar-refractivity contribution in [1.29, 1.82) is 0 Å². The molecule has 0 amide bonds. The van der Waals surface area contributed by atoms with E-state index in [1.54, 1.807) is 12.1 Å². The van der Waals surface area contributed by atoms with Crippen LogP contribution < -0.4 is 5.46 Å². The molecule has 0 spiro atoms. The highest BCUT2D eigenvalue weighted by molar-refractivity contribution is 6.64. The summed E-state index contributed by atoms with van der Waals surface area (Å²) in [5.41, 5.74) is 1.62. The van der Waals surface area contributed by atoms with Gasteiger partial charge in [-0.3, -0.25) is 0 Å². The van der Waals surface area contributed by atoms with Gasteiger partial charge in [0.05, 0.1) is 0 Å². The van der Waals surface area contributed by atoms with Gasteiger partial charge in [0, 0.05) is 0 Å². The molecule has 0 aromatic heterocycles. The molecule has 1 rings (SSSR count). The van der Waals surface area contributed by atoms with Gasteiger partial charge in [0.25, 0.3) is 0 Å². The molecule has 0 fully saturated rings. The lowest BCUT2D eigenvalue weighted by atomic mass is 9.76. The number of nitroso groups, excluding NO2 is 1. The van der Waals surface area contributed by atoms with Gasteiger partial charge in [0.2, 0.25) is 0 Å². The molecule has 3 nitrogen and oxygen atoms in total. The van der Waals surface area contributed by atoms with Gasteiger partial charge in [0.15, 0.2) is 0 Å². The van der Waals surface area contributed by atoms with Crippen molar-refractivity contribution in [3.8, 4) is 0 Å². The molecule has 0 aliphatic rings. The van der Waals surface area contributed by atoms with E-state index in [0.29, 0.717) is 5.46 Å². The second kappa shape index (κ2) is 3.30. The van der Waals surface area contributed by atoms with Crippen molar-refractivity contribution in [2.24, 2.45) is 5.09 Å². The molecule has 11 heavy (non-hydrogen) atoms. The monoisotopic (exact) mass is 149 g/mol. The maximum absolute atomic E-state index is 9.89. The number of aryl methyl sites for hydroxylation is 1. The van der Waals surface area contributed by atoms with Crippen LogP contribution in [0.5, 0.6) is 0 Å². The molecular weight excluding hydrogens is 141 g/mol. The van der Waals surface area contributed by atoms with Gasteiger partial charge in [0.1, 0.15) is 0 Å². The number of benzene rings is 1. The summed E-state index contributed by atoms with van der Waals surface area (Å²) in [6.45, 7) is 1.94. The fourth-order valence-corrected chi connectivity index (χ4v) is 0.799. The molecule has 0 bridgehead atoms. The van der Waals surface area contributed by atoms with E-state index >= 15 is 0 Å². The summed E-state index contributed by atoms with van der Waals surface area (Å²) < 4.78 is 0. The molecule has 1 aromatic rings. The van der Waals surface area contributed by atoms with Crippen LogP contribution in [0.4, 0.5) is 0 Å². The third kappa shape index (κ3) is 1.88. The van der Waals surface area contributed by atoms with Crippen LogP contribution in [0.3, 0.4) is 0 Å². The topological polar surface area (TPSA) is 49.7 Å². The molecule has 0 saturated carbocycles. The molecule has 0 aliphatic heterocycles. The average Bonchev–Trinajstić information content (AvgIpc) is 2.05. The zero-order chi connectivity index (χ0) is 8.27. The van der Waals surface area contributed by atoms with Crippen LogP contribution in [0.25, 0.3) is 0 Å².